The van der Waals surface area contributed by atoms with Crippen LogP contribution in [-0.4, -0.2) is 17.0 Å². The molecule has 0 fully saturated rings. The second kappa shape index (κ2) is 4.21. The molecule has 2 aromatic heterocycles. The first-order valence-electron chi connectivity index (χ1n) is 5.05. The predicted octanol–water partition coefficient (Wildman–Crippen LogP) is 2.14. The summed E-state index contributed by atoms with van der Waals surface area (Å²) >= 11 is 0. The Kier molecular flexibility index (Phi) is 2.76. The van der Waals surface area contributed by atoms with Crippen LogP contribution in [0.25, 0.3) is 0 Å². The molecule has 0 aliphatic heterocycles. The molecule has 0 radical (unpaired) electrons. The van der Waals surface area contributed by atoms with Crippen LogP contribution in [0.1, 0.15) is 17.1 Å². The molecule has 0 atom stereocenters. The van der Waals surface area contributed by atoms with Crippen molar-refractivity contribution in [2.24, 2.45) is 0 Å². The Bertz CT molecular complexity index is 417. The number of aromatic nitrogens is 2. The molecule has 4 heteroatoms. The van der Waals surface area contributed by atoms with Crippen LogP contribution in [0.15, 0.2) is 22.8 Å². The van der Waals surface area contributed by atoms with Crippen molar-refractivity contribution in [1.29, 1.82) is 0 Å². The van der Waals surface area contributed by atoms with Crippen LogP contribution in [0.2, 0.25) is 0 Å². The van der Waals surface area contributed by atoms with Gasteiger partial charge in [-0.3, -0.25) is 0 Å². The number of aryl methyl sites for hydroxylation is 3. The third-order valence-electron chi connectivity index (χ3n) is 2.41. The van der Waals surface area contributed by atoms with E-state index in [1.807, 2.05) is 26.1 Å². The Labute approximate surface area is 88.7 Å². The van der Waals surface area contributed by atoms with Gasteiger partial charge in [0.2, 0.25) is 0 Å². The van der Waals surface area contributed by atoms with Crippen molar-refractivity contribution in [3.8, 4) is 0 Å². The first-order chi connectivity index (χ1) is 7.29. The van der Waals surface area contributed by atoms with Gasteiger partial charge in [-0.05, 0) is 25.5 Å². The number of rotatable bonds is 4. The molecule has 4 nitrogen and oxygen atoms in total. The highest BCUT2D eigenvalue weighted by Gasteiger charge is 2.06. The highest BCUT2D eigenvalue weighted by Crippen LogP contribution is 2.12. The third-order valence-corrected chi connectivity index (χ3v) is 2.41. The zero-order chi connectivity index (χ0) is 10.7. The summed E-state index contributed by atoms with van der Waals surface area (Å²) in [5.41, 5.74) is 2.21. The highest BCUT2D eigenvalue weighted by atomic mass is 16.3. The van der Waals surface area contributed by atoms with Crippen molar-refractivity contribution >= 4 is 5.95 Å². The van der Waals surface area contributed by atoms with E-state index in [1.165, 1.54) is 0 Å². The van der Waals surface area contributed by atoms with Gasteiger partial charge in [0.1, 0.15) is 5.76 Å². The number of H-pyrrole nitrogens is 1. The van der Waals surface area contributed by atoms with Gasteiger partial charge in [0.25, 0.3) is 0 Å². The number of nitrogens with one attached hydrogen (secondary N) is 2. The molecular formula is C11H15N3O. The van der Waals surface area contributed by atoms with Crippen LogP contribution in [0.5, 0.6) is 0 Å². The standard InChI is InChI=1S/C11H15N3O/c1-8-10(14-11(12-2)13-8)6-5-9-4-3-7-15-9/h3-4,7H,5-6H2,1-2H3,(H2,12,13,14). The van der Waals surface area contributed by atoms with Gasteiger partial charge in [-0.15, -0.1) is 0 Å². The number of anilines is 1. The van der Waals surface area contributed by atoms with Gasteiger partial charge in [0.05, 0.1) is 12.0 Å². The second-order valence-corrected chi connectivity index (χ2v) is 3.49. The Hall–Kier alpha value is -1.71. The van der Waals surface area contributed by atoms with Gasteiger partial charge >= 0.3 is 0 Å². The van der Waals surface area contributed by atoms with Crippen LogP contribution in [0.4, 0.5) is 5.95 Å². The second-order valence-electron chi connectivity index (χ2n) is 3.49. The fourth-order valence-electron chi connectivity index (χ4n) is 1.55. The first kappa shape index (κ1) is 9.83. The number of furan rings is 1. The largest absolute Gasteiger partial charge is 0.469 e. The number of aromatic amines is 1. The topological polar surface area (TPSA) is 53.9 Å². The lowest BCUT2D eigenvalue weighted by Crippen LogP contribution is -1.93. The van der Waals surface area contributed by atoms with Gasteiger partial charge in [-0.1, -0.05) is 0 Å². The lowest BCUT2D eigenvalue weighted by molar-refractivity contribution is 0.507. The van der Waals surface area contributed by atoms with Crippen molar-refractivity contribution < 1.29 is 4.42 Å². The monoisotopic (exact) mass is 205 g/mol. The molecule has 0 aromatic carbocycles. The molecule has 0 spiro atoms. The lowest BCUT2D eigenvalue weighted by Gasteiger charge is -1.95. The van der Waals surface area contributed by atoms with Crippen molar-refractivity contribution in [1.82, 2.24) is 9.97 Å². The number of imidazole rings is 1. The molecule has 2 heterocycles. The molecule has 0 unspecified atom stereocenters. The van der Waals surface area contributed by atoms with E-state index in [9.17, 15) is 0 Å². The van der Waals surface area contributed by atoms with Crippen molar-refractivity contribution in [2.45, 2.75) is 19.8 Å². The van der Waals surface area contributed by atoms with E-state index in [4.69, 9.17) is 4.42 Å². The maximum atomic E-state index is 5.27. The molecular weight excluding hydrogens is 190 g/mol. The summed E-state index contributed by atoms with van der Waals surface area (Å²) in [6.07, 6.45) is 3.49. The quantitative estimate of drug-likeness (QED) is 0.804. The molecule has 80 valence electrons. The maximum absolute atomic E-state index is 5.27. The molecule has 0 saturated carbocycles. The zero-order valence-electron chi connectivity index (χ0n) is 9.00. The van der Waals surface area contributed by atoms with Crippen molar-refractivity contribution in [3.05, 3.63) is 35.5 Å². The molecule has 15 heavy (non-hydrogen) atoms. The number of hydrogen-bond acceptors (Lipinski definition) is 3. The summed E-state index contributed by atoms with van der Waals surface area (Å²) < 4.78 is 5.27. The van der Waals surface area contributed by atoms with Crippen LogP contribution in [-0.2, 0) is 12.8 Å². The molecule has 2 N–H and O–H groups in total. The molecule has 0 aliphatic carbocycles. The summed E-state index contributed by atoms with van der Waals surface area (Å²) in [4.78, 5) is 7.59. The normalized spacial score (nSPS) is 10.5. The van der Waals surface area contributed by atoms with Crippen LogP contribution < -0.4 is 5.32 Å². The maximum Gasteiger partial charge on any atom is 0.200 e. The van der Waals surface area contributed by atoms with E-state index in [0.29, 0.717) is 0 Å². The summed E-state index contributed by atoms with van der Waals surface area (Å²) in [5, 5.41) is 2.99. The molecule has 0 amide bonds. The van der Waals surface area contributed by atoms with E-state index in [1.54, 1.807) is 6.26 Å². The minimum absolute atomic E-state index is 0.821. The highest BCUT2D eigenvalue weighted by molar-refractivity contribution is 5.30. The smallest absolute Gasteiger partial charge is 0.200 e. The Morgan fingerprint density at radius 1 is 1.47 bits per heavy atom. The van der Waals surface area contributed by atoms with Gasteiger partial charge < -0.3 is 14.7 Å². The van der Waals surface area contributed by atoms with Crippen molar-refractivity contribution in [3.63, 3.8) is 0 Å². The summed E-state index contributed by atoms with van der Waals surface area (Å²) in [6, 6.07) is 3.90. The number of hydrogen-bond donors (Lipinski definition) is 2. The third kappa shape index (κ3) is 2.21. The van der Waals surface area contributed by atoms with Crippen molar-refractivity contribution in [2.75, 3.05) is 12.4 Å². The average Bonchev–Trinajstić information content (AvgIpc) is 2.84. The van der Waals surface area contributed by atoms with Gasteiger partial charge in [0, 0.05) is 19.2 Å². The van der Waals surface area contributed by atoms with E-state index in [2.05, 4.69) is 15.3 Å². The van der Waals surface area contributed by atoms with Crippen LogP contribution in [0.3, 0.4) is 0 Å². The average molecular weight is 205 g/mol. The number of nitrogens with zero attached hydrogens (tertiary/aromatic N) is 1. The lowest BCUT2D eigenvalue weighted by atomic mass is 10.2. The van der Waals surface area contributed by atoms with Gasteiger partial charge in [-0.25, -0.2) is 4.98 Å². The van der Waals surface area contributed by atoms with Crippen LogP contribution >= 0.6 is 0 Å². The summed E-state index contributed by atoms with van der Waals surface area (Å²) in [6.45, 7) is 2.03. The Morgan fingerprint density at radius 2 is 2.33 bits per heavy atom. The Morgan fingerprint density at radius 3 is 2.93 bits per heavy atom. The summed E-state index contributed by atoms with van der Waals surface area (Å²) in [5.74, 6) is 1.82. The molecule has 0 bridgehead atoms. The van der Waals surface area contributed by atoms with E-state index in [-0.39, 0.29) is 0 Å². The van der Waals surface area contributed by atoms with Gasteiger partial charge in [0.15, 0.2) is 5.95 Å². The molecule has 2 aromatic rings. The molecule has 2 rings (SSSR count). The van der Waals surface area contributed by atoms with E-state index in [0.717, 1.165) is 35.9 Å². The van der Waals surface area contributed by atoms with Gasteiger partial charge in [-0.2, -0.15) is 0 Å². The fraction of sp³-hybridized carbons (Fsp3) is 0.364. The minimum atomic E-state index is 0.821. The Balaban J connectivity index is 2.01. The van der Waals surface area contributed by atoms with E-state index >= 15 is 0 Å². The van der Waals surface area contributed by atoms with Crippen LogP contribution in [0, 0.1) is 6.92 Å². The fourth-order valence-corrected chi connectivity index (χ4v) is 1.55. The minimum Gasteiger partial charge on any atom is -0.469 e. The molecule has 0 saturated heterocycles. The summed E-state index contributed by atoms with van der Waals surface area (Å²) in [7, 11) is 1.86. The first-order valence-corrected chi connectivity index (χ1v) is 5.05. The SMILES string of the molecule is CNc1nc(CCc2ccco2)c(C)[nH]1. The predicted molar refractivity (Wildman–Crippen MR) is 59.0 cm³/mol. The molecule has 0 aliphatic rings. The van der Waals surface area contributed by atoms with E-state index < -0.39 is 0 Å². The zero-order valence-corrected chi connectivity index (χ0v) is 9.00.